The highest BCUT2D eigenvalue weighted by Gasteiger charge is 2.38. The van der Waals surface area contributed by atoms with E-state index in [1.54, 1.807) is 26.1 Å². The maximum atomic E-state index is 14.2. The molecule has 2 heterocycles. The van der Waals surface area contributed by atoms with E-state index in [0.717, 1.165) is 23.8 Å². The number of ether oxygens (including phenoxy) is 1. The fourth-order valence-electron chi connectivity index (χ4n) is 3.77. The lowest BCUT2D eigenvalue weighted by Crippen LogP contribution is -2.30. The molecule has 0 saturated heterocycles. The zero-order valence-corrected chi connectivity index (χ0v) is 16.8. The van der Waals surface area contributed by atoms with Gasteiger partial charge in [0.25, 0.3) is 0 Å². The molecular formula is C22H19F3N4O2. The second-order valence-corrected chi connectivity index (χ2v) is 8.20. The number of aromatic nitrogens is 4. The number of nitrogens with zero attached hydrogens (tertiary/aromatic N) is 3. The van der Waals surface area contributed by atoms with Gasteiger partial charge < -0.3 is 19.4 Å². The first-order valence-electron chi connectivity index (χ1n) is 9.84. The monoisotopic (exact) mass is 428 g/mol. The van der Waals surface area contributed by atoms with Crippen molar-refractivity contribution in [3.05, 3.63) is 59.8 Å². The summed E-state index contributed by atoms with van der Waals surface area (Å²) in [5.41, 5.74) is -0.462. The van der Waals surface area contributed by atoms with Crippen LogP contribution < -0.4 is 4.74 Å². The Morgan fingerprint density at radius 1 is 1.10 bits per heavy atom. The van der Waals surface area contributed by atoms with Crippen LogP contribution in [-0.2, 0) is 5.60 Å². The number of H-pyrrole nitrogens is 1. The topological polar surface area (TPSA) is 76.0 Å². The first-order chi connectivity index (χ1) is 14.7. The van der Waals surface area contributed by atoms with Crippen molar-refractivity contribution in [3.63, 3.8) is 0 Å². The second-order valence-electron chi connectivity index (χ2n) is 8.20. The molecule has 31 heavy (non-hydrogen) atoms. The Bertz CT molecular complexity index is 1280. The van der Waals surface area contributed by atoms with E-state index in [1.165, 1.54) is 0 Å². The van der Waals surface area contributed by atoms with E-state index in [0.29, 0.717) is 29.2 Å². The molecule has 0 amide bonds. The van der Waals surface area contributed by atoms with Gasteiger partial charge >= 0.3 is 0 Å². The van der Waals surface area contributed by atoms with Gasteiger partial charge in [0.2, 0.25) is 0 Å². The van der Waals surface area contributed by atoms with Gasteiger partial charge in [-0.25, -0.2) is 13.2 Å². The van der Waals surface area contributed by atoms with Crippen LogP contribution in [-0.4, -0.2) is 24.9 Å². The predicted octanol–water partition coefficient (Wildman–Crippen LogP) is 5.20. The van der Waals surface area contributed by atoms with Crippen molar-refractivity contribution in [1.29, 1.82) is 0 Å². The van der Waals surface area contributed by atoms with Crippen molar-refractivity contribution in [2.75, 3.05) is 0 Å². The van der Waals surface area contributed by atoms with E-state index in [2.05, 4.69) is 15.2 Å². The molecule has 1 saturated carbocycles. The Balaban J connectivity index is 1.57. The summed E-state index contributed by atoms with van der Waals surface area (Å²) in [6.45, 7) is 3.27. The molecule has 2 aromatic heterocycles. The van der Waals surface area contributed by atoms with Crippen molar-refractivity contribution in [2.45, 2.75) is 38.3 Å². The summed E-state index contributed by atoms with van der Waals surface area (Å²) >= 11 is 0. The van der Waals surface area contributed by atoms with Gasteiger partial charge in [-0.05, 0) is 38.8 Å². The number of aromatic amines is 1. The first-order valence-corrected chi connectivity index (χ1v) is 9.84. The Kier molecular flexibility index (Phi) is 4.25. The molecule has 1 fully saturated rings. The van der Waals surface area contributed by atoms with Gasteiger partial charge in [-0.2, -0.15) is 0 Å². The van der Waals surface area contributed by atoms with E-state index in [-0.39, 0.29) is 11.9 Å². The predicted molar refractivity (Wildman–Crippen MR) is 107 cm³/mol. The average molecular weight is 428 g/mol. The standard InChI is InChI=1S/C22H19F3N4O2/c1-22(2,31-18-16(24)8-13(23)9-17(18)25)21-28-27-19(29(21)14-4-5-14)11-3-6-15-12(7-11)10-26-20(15)30/h3,6-10,14,26,30H,4-5H2,1-2H3. The van der Waals surface area contributed by atoms with Gasteiger partial charge in [-0.1, -0.05) is 6.07 Å². The minimum absolute atomic E-state index is 0.0868. The third-order valence-electron chi connectivity index (χ3n) is 5.40. The summed E-state index contributed by atoms with van der Waals surface area (Å²) < 4.78 is 49.2. The fourth-order valence-corrected chi connectivity index (χ4v) is 3.77. The SMILES string of the molecule is CC(C)(Oc1c(F)cc(F)cc1F)c1nnc(-c2ccc3c(O)[nH]cc3c2)n1C1CC1. The number of benzene rings is 2. The number of nitrogens with one attached hydrogen (secondary N) is 1. The minimum atomic E-state index is -1.25. The number of hydrogen-bond acceptors (Lipinski definition) is 4. The molecule has 4 aromatic rings. The van der Waals surface area contributed by atoms with Crippen molar-refractivity contribution >= 4 is 10.8 Å². The van der Waals surface area contributed by atoms with E-state index in [9.17, 15) is 18.3 Å². The van der Waals surface area contributed by atoms with E-state index >= 15 is 0 Å². The molecule has 0 aliphatic heterocycles. The van der Waals surface area contributed by atoms with Crippen molar-refractivity contribution in [1.82, 2.24) is 19.7 Å². The Morgan fingerprint density at radius 3 is 2.48 bits per heavy atom. The fraction of sp³-hybridized carbons (Fsp3) is 0.273. The van der Waals surface area contributed by atoms with Crippen molar-refractivity contribution in [3.8, 4) is 23.0 Å². The molecule has 1 aliphatic rings. The van der Waals surface area contributed by atoms with E-state index in [4.69, 9.17) is 4.74 Å². The Morgan fingerprint density at radius 2 is 1.81 bits per heavy atom. The highest BCUT2D eigenvalue weighted by atomic mass is 19.1. The van der Waals surface area contributed by atoms with Gasteiger partial charge in [0.1, 0.15) is 5.82 Å². The van der Waals surface area contributed by atoms with Crippen LogP contribution in [0.2, 0.25) is 0 Å². The maximum Gasteiger partial charge on any atom is 0.196 e. The molecule has 0 bridgehead atoms. The maximum absolute atomic E-state index is 14.2. The molecule has 9 heteroatoms. The van der Waals surface area contributed by atoms with Crippen molar-refractivity contribution < 1.29 is 23.0 Å². The van der Waals surface area contributed by atoms with Gasteiger partial charge in [0, 0.05) is 40.7 Å². The largest absolute Gasteiger partial charge is 0.494 e. The summed E-state index contributed by atoms with van der Waals surface area (Å²) in [6, 6.07) is 6.79. The number of rotatable bonds is 5. The number of halogens is 3. The first kappa shape index (κ1) is 19.5. The van der Waals surface area contributed by atoms with Crippen LogP contribution in [0.5, 0.6) is 11.6 Å². The summed E-state index contributed by atoms with van der Waals surface area (Å²) in [5, 5.41) is 20.0. The van der Waals surface area contributed by atoms with E-state index in [1.807, 2.05) is 16.7 Å². The van der Waals surface area contributed by atoms with Crippen LogP contribution >= 0.6 is 0 Å². The molecule has 5 rings (SSSR count). The zero-order chi connectivity index (χ0) is 21.9. The Labute approximate surface area is 175 Å². The van der Waals surface area contributed by atoms with Gasteiger partial charge in [0.15, 0.2) is 40.5 Å². The second kappa shape index (κ2) is 6.76. The third-order valence-corrected chi connectivity index (χ3v) is 5.40. The Hall–Kier alpha value is -3.49. The van der Waals surface area contributed by atoms with Crippen LogP contribution in [0, 0.1) is 17.5 Å². The lowest BCUT2D eigenvalue weighted by atomic mass is 10.1. The molecule has 6 nitrogen and oxygen atoms in total. The summed E-state index contributed by atoms with van der Waals surface area (Å²) in [6.07, 6.45) is 3.53. The van der Waals surface area contributed by atoms with Crippen LogP contribution in [0.25, 0.3) is 22.2 Å². The normalized spacial score (nSPS) is 14.4. The molecule has 1 aliphatic carbocycles. The third kappa shape index (κ3) is 3.30. The lowest BCUT2D eigenvalue weighted by molar-refractivity contribution is 0.0822. The quantitative estimate of drug-likeness (QED) is 0.458. The molecule has 160 valence electrons. The minimum Gasteiger partial charge on any atom is -0.494 e. The van der Waals surface area contributed by atoms with Gasteiger partial charge in [-0.15, -0.1) is 10.2 Å². The van der Waals surface area contributed by atoms with E-state index < -0.39 is 28.8 Å². The van der Waals surface area contributed by atoms with Crippen LogP contribution in [0.3, 0.4) is 0 Å². The molecule has 0 radical (unpaired) electrons. The van der Waals surface area contributed by atoms with Gasteiger partial charge in [-0.3, -0.25) is 0 Å². The highest BCUT2D eigenvalue weighted by molar-refractivity contribution is 5.90. The average Bonchev–Trinajstić information content (AvgIpc) is 3.34. The zero-order valence-electron chi connectivity index (χ0n) is 16.8. The molecule has 0 atom stereocenters. The van der Waals surface area contributed by atoms with Gasteiger partial charge in [0.05, 0.1) is 0 Å². The lowest BCUT2D eigenvalue weighted by Gasteiger charge is -2.27. The molecule has 2 aromatic carbocycles. The number of fused-ring (bicyclic) bond motifs is 1. The van der Waals surface area contributed by atoms with Crippen molar-refractivity contribution in [2.24, 2.45) is 0 Å². The highest BCUT2D eigenvalue weighted by Crippen LogP contribution is 2.42. The summed E-state index contributed by atoms with van der Waals surface area (Å²) in [5.74, 6) is -2.84. The molecular weight excluding hydrogens is 409 g/mol. The van der Waals surface area contributed by atoms with Crippen LogP contribution in [0.1, 0.15) is 38.6 Å². The number of aromatic hydroxyl groups is 1. The molecule has 2 N–H and O–H groups in total. The summed E-state index contributed by atoms with van der Waals surface area (Å²) in [4.78, 5) is 2.77. The van der Waals surface area contributed by atoms with Crippen LogP contribution in [0.4, 0.5) is 13.2 Å². The smallest absolute Gasteiger partial charge is 0.196 e. The molecule has 0 spiro atoms. The number of hydrogen-bond donors (Lipinski definition) is 2. The van der Waals surface area contributed by atoms with Crippen LogP contribution in [0.15, 0.2) is 36.5 Å². The summed E-state index contributed by atoms with van der Waals surface area (Å²) in [7, 11) is 0. The molecule has 0 unspecified atom stereocenters.